The number of amides is 1. The first-order chi connectivity index (χ1) is 16.9. The number of halogens is 1. The molecule has 0 bridgehead atoms. The Kier molecular flexibility index (Phi) is 8.11. The van der Waals surface area contributed by atoms with Crippen LogP contribution in [0.15, 0.2) is 48.5 Å². The average Bonchev–Trinajstić information content (AvgIpc) is 2.86. The van der Waals surface area contributed by atoms with Crippen molar-refractivity contribution in [1.82, 2.24) is 14.9 Å². The second-order valence-electron chi connectivity index (χ2n) is 9.40. The highest BCUT2D eigenvalue weighted by atomic mass is 19.1. The number of anilines is 1. The van der Waals surface area contributed by atoms with E-state index in [0.29, 0.717) is 32.6 Å². The van der Waals surface area contributed by atoms with E-state index in [1.165, 1.54) is 30.9 Å². The zero-order valence-corrected chi connectivity index (χ0v) is 21.1. The number of rotatable bonds is 8. The molecule has 2 aromatic carbocycles. The highest BCUT2D eigenvalue weighted by Gasteiger charge is 2.25. The van der Waals surface area contributed by atoms with Gasteiger partial charge in [-0.15, -0.1) is 0 Å². The minimum absolute atomic E-state index is 0.0831. The number of hydrogen-bond donors (Lipinski definition) is 0. The lowest BCUT2D eigenvalue weighted by Crippen LogP contribution is -2.49. The second kappa shape index (κ2) is 11.4. The molecule has 0 atom stereocenters. The van der Waals surface area contributed by atoms with Crippen molar-refractivity contribution in [1.29, 1.82) is 0 Å². The molecule has 0 N–H and O–H groups in total. The summed E-state index contributed by atoms with van der Waals surface area (Å²) in [6.45, 7) is 8.77. The van der Waals surface area contributed by atoms with Gasteiger partial charge in [-0.05, 0) is 62.1 Å². The van der Waals surface area contributed by atoms with Crippen molar-refractivity contribution in [3.63, 3.8) is 0 Å². The Balaban J connectivity index is 1.43. The van der Waals surface area contributed by atoms with Crippen LogP contribution in [0.5, 0.6) is 0 Å². The van der Waals surface area contributed by atoms with E-state index in [9.17, 15) is 9.18 Å². The van der Waals surface area contributed by atoms with Gasteiger partial charge in [-0.25, -0.2) is 14.4 Å². The first kappa shape index (κ1) is 24.8. The van der Waals surface area contributed by atoms with Crippen LogP contribution >= 0.6 is 0 Å². The first-order valence-corrected chi connectivity index (χ1v) is 12.7. The zero-order chi connectivity index (χ0) is 24.8. The summed E-state index contributed by atoms with van der Waals surface area (Å²) in [5.41, 5.74) is 4.86. The summed E-state index contributed by atoms with van der Waals surface area (Å²) in [6.07, 6.45) is 5.28. The number of benzene rings is 2. The van der Waals surface area contributed by atoms with Gasteiger partial charge >= 0.3 is 0 Å². The number of aromatic nitrogens is 2. The summed E-state index contributed by atoms with van der Waals surface area (Å²) >= 11 is 0. The average molecular weight is 475 g/mol. The van der Waals surface area contributed by atoms with Crippen molar-refractivity contribution in [3.8, 4) is 0 Å². The largest absolute Gasteiger partial charge is 0.353 e. The van der Waals surface area contributed by atoms with Crippen LogP contribution in [0.2, 0.25) is 0 Å². The van der Waals surface area contributed by atoms with Crippen molar-refractivity contribution in [3.05, 3.63) is 88.1 Å². The van der Waals surface area contributed by atoms with E-state index in [4.69, 9.17) is 4.98 Å². The molecule has 1 fully saturated rings. The van der Waals surface area contributed by atoms with Gasteiger partial charge in [0.2, 0.25) is 0 Å². The lowest BCUT2D eigenvalue weighted by Gasteiger charge is -2.36. The van der Waals surface area contributed by atoms with Crippen LogP contribution < -0.4 is 4.90 Å². The Labute approximate surface area is 208 Å². The van der Waals surface area contributed by atoms with E-state index < -0.39 is 0 Å². The highest BCUT2D eigenvalue weighted by Crippen LogP contribution is 2.26. The Morgan fingerprint density at radius 3 is 2.37 bits per heavy atom. The topological polar surface area (TPSA) is 49.3 Å². The summed E-state index contributed by atoms with van der Waals surface area (Å²) in [5.74, 6) is 1.46. The molecular formula is C29H35FN4O. The van der Waals surface area contributed by atoms with Crippen molar-refractivity contribution in [2.75, 3.05) is 31.1 Å². The minimum atomic E-state index is -0.240. The molecule has 3 aromatic rings. The van der Waals surface area contributed by atoms with Crippen LogP contribution in [0.25, 0.3) is 0 Å². The number of hydrogen-bond acceptors (Lipinski definition) is 4. The summed E-state index contributed by atoms with van der Waals surface area (Å²) in [5, 5.41) is 0. The molecule has 6 heteroatoms. The predicted octanol–water partition coefficient (Wildman–Crippen LogP) is 5.52. The number of carbonyl (C=O) groups excluding carboxylic acids is 1. The third-order valence-corrected chi connectivity index (χ3v) is 6.71. The molecule has 1 amide bonds. The van der Waals surface area contributed by atoms with Gasteiger partial charge in [0.05, 0.1) is 0 Å². The molecule has 2 heterocycles. The molecule has 0 saturated carbocycles. The standard InChI is InChI=1S/C29H35FN4O/c1-4-5-6-8-23-11-13-25(14-12-23)29(35)34-17-15-33(16-18-34)28-27(21(2)31-22(3)32-28)20-24-9-7-10-26(30)19-24/h7,9-14,19H,4-6,8,15-18,20H2,1-3H3. The lowest BCUT2D eigenvalue weighted by molar-refractivity contribution is 0.0746. The molecule has 1 aliphatic rings. The number of nitrogens with zero attached hydrogens (tertiary/aromatic N) is 4. The third kappa shape index (κ3) is 6.24. The van der Waals surface area contributed by atoms with E-state index in [1.807, 2.05) is 36.9 Å². The van der Waals surface area contributed by atoms with Crippen LogP contribution in [-0.2, 0) is 12.8 Å². The van der Waals surface area contributed by atoms with Gasteiger partial charge in [-0.3, -0.25) is 4.79 Å². The minimum Gasteiger partial charge on any atom is -0.353 e. The molecule has 0 radical (unpaired) electrons. The summed E-state index contributed by atoms with van der Waals surface area (Å²) in [7, 11) is 0. The molecular weight excluding hydrogens is 439 g/mol. The highest BCUT2D eigenvalue weighted by molar-refractivity contribution is 5.94. The molecule has 1 aliphatic heterocycles. The van der Waals surface area contributed by atoms with Gasteiger partial charge in [0.1, 0.15) is 17.5 Å². The second-order valence-corrected chi connectivity index (χ2v) is 9.40. The van der Waals surface area contributed by atoms with E-state index >= 15 is 0 Å². The first-order valence-electron chi connectivity index (χ1n) is 12.7. The fraction of sp³-hybridized carbons (Fsp3) is 0.414. The normalized spacial score (nSPS) is 13.8. The van der Waals surface area contributed by atoms with Crippen molar-refractivity contribution >= 4 is 11.7 Å². The fourth-order valence-electron chi connectivity index (χ4n) is 4.73. The lowest BCUT2D eigenvalue weighted by atomic mass is 10.0. The van der Waals surface area contributed by atoms with Crippen LogP contribution in [0.4, 0.5) is 10.2 Å². The Morgan fingerprint density at radius 2 is 1.69 bits per heavy atom. The quantitative estimate of drug-likeness (QED) is 0.404. The Hall–Kier alpha value is -3.28. The molecule has 4 rings (SSSR count). The van der Waals surface area contributed by atoms with Crippen molar-refractivity contribution in [2.24, 2.45) is 0 Å². The molecule has 0 aliphatic carbocycles. The van der Waals surface area contributed by atoms with E-state index in [1.54, 1.807) is 12.1 Å². The fourth-order valence-corrected chi connectivity index (χ4v) is 4.73. The number of carbonyl (C=O) groups is 1. The molecule has 5 nitrogen and oxygen atoms in total. The van der Waals surface area contributed by atoms with E-state index in [0.717, 1.165) is 40.4 Å². The summed E-state index contributed by atoms with van der Waals surface area (Å²) in [6, 6.07) is 14.8. The molecule has 35 heavy (non-hydrogen) atoms. The number of unbranched alkanes of at least 4 members (excludes halogenated alkanes) is 2. The third-order valence-electron chi connectivity index (χ3n) is 6.71. The van der Waals surface area contributed by atoms with Gasteiger partial charge in [0, 0.05) is 49.4 Å². The van der Waals surface area contributed by atoms with Crippen LogP contribution in [0.3, 0.4) is 0 Å². The maximum atomic E-state index is 13.8. The van der Waals surface area contributed by atoms with Crippen LogP contribution in [0.1, 0.15) is 64.8 Å². The SMILES string of the molecule is CCCCCc1ccc(C(=O)N2CCN(c3nc(C)nc(C)c3Cc3cccc(F)c3)CC2)cc1. The molecule has 1 aromatic heterocycles. The van der Waals surface area contributed by atoms with Crippen LogP contribution in [-0.4, -0.2) is 47.0 Å². The smallest absolute Gasteiger partial charge is 0.253 e. The van der Waals surface area contributed by atoms with Crippen LogP contribution in [0, 0.1) is 19.7 Å². The van der Waals surface area contributed by atoms with Gasteiger partial charge in [-0.2, -0.15) is 0 Å². The maximum Gasteiger partial charge on any atom is 0.253 e. The van der Waals surface area contributed by atoms with Gasteiger partial charge in [0.15, 0.2) is 0 Å². The van der Waals surface area contributed by atoms with Gasteiger partial charge in [0.25, 0.3) is 5.91 Å². The van der Waals surface area contributed by atoms with Gasteiger partial charge in [-0.1, -0.05) is 44.0 Å². The van der Waals surface area contributed by atoms with Gasteiger partial charge < -0.3 is 9.80 Å². The van der Waals surface area contributed by atoms with Crippen molar-refractivity contribution in [2.45, 2.75) is 52.9 Å². The zero-order valence-electron chi connectivity index (χ0n) is 21.1. The van der Waals surface area contributed by atoms with Crippen molar-refractivity contribution < 1.29 is 9.18 Å². The summed E-state index contributed by atoms with van der Waals surface area (Å²) in [4.78, 5) is 26.6. The Morgan fingerprint density at radius 1 is 0.943 bits per heavy atom. The molecule has 0 spiro atoms. The predicted molar refractivity (Wildman–Crippen MR) is 138 cm³/mol. The van der Waals surface area contributed by atoms with E-state index in [2.05, 4.69) is 28.9 Å². The maximum absolute atomic E-state index is 13.8. The molecule has 0 unspecified atom stereocenters. The monoisotopic (exact) mass is 474 g/mol. The van der Waals surface area contributed by atoms with E-state index in [-0.39, 0.29) is 11.7 Å². The molecule has 184 valence electrons. The number of piperazine rings is 1. The molecule has 1 saturated heterocycles. The summed E-state index contributed by atoms with van der Waals surface area (Å²) < 4.78 is 13.8. The number of aryl methyl sites for hydroxylation is 3. The Bertz CT molecular complexity index is 1150.